The van der Waals surface area contributed by atoms with Crippen LogP contribution >= 0.6 is 0 Å². The second kappa shape index (κ2) is 5.40. The monoisotopic (exact) mass is 288 g/mol. The summed E-state index contributed by atoms with van der Waals surface area (Å²) in [5.74, 6) is -1.17. The van der Waals surface area contributed by atoms with E-state index in [-0.39, 0.29) is 11.3 Å². The molecule has 6 nitrogen and oxygen atoms in total. The van der Waals surface area contributed by atoms with Gasteiger partial charge in [-0.15, -0.1) is 0 Å². The van der Waals surface area contributed by atoms with Crippen LogP contribution in [0, 0.1) is 0 Å². The van der Waals surface area contributed by atoms with Gasteiger partial charge in [0, 0.05) is 11.6 Å². The van der Waals surface area contributed by atoms with Crippen molar-refractivity contribution in [3.8, 4) is 0 Å². The molecule has 0 atom stereocenters. The first-order valence-corrected chi connectivity index (χ1v) is 6.39. The molecule has 2 aromatic rings. The van der Waals surface area contributed by atoms with Gasteiger partial charge in [-0.05, 0) is 26.8 Å². The molecule has 0 unspecified atom stereocenters. The summed E-state index contributed by atoms with van der Waals surface area (Å²) >= 11 is 0. The molecule has 1 aromatic heterocycles. The number of benzene rings is 1. The number of aromatic nitrogens is 1. The van der Waals surface area contributed by atoms with E-state index in [9.17, 15) is 14.7 Å². The Kier molecular flexibility index (Phi) is 3.80. The first kappa shape index (κ1) is 14.8. The summed E-state index contributed by atoms with van der Waals surface area (Å²) in [6.07, 6.45) is 0.513. The first-order chi connectivity index (χ1) is 9.78. The van der Waals surface area contributed by atoms with E-state index < -0.39 is 17.7 Å². The van der Waals surface area contributed by atoms with Crippen LogP contribution in [0.25, 0.3) is 10.9 Å². The number of ether oxygens (including phenoxy) is 1. The standard InChI is InChI=1S/C15H16N2O4/c1-15(2,3)21-14(20)17-12-9-6-4-5-7-11(9)16-8-10(12)13(18)19/h4-8H,1-3H3,(H,18,19)(H,16,17,20). The van der Waals surface area contributed by atoms with Crippen LogP contribution in [-0.4, -0.2) is 27.8 Å². The summed E-state index contributed by atoms with van der Waals surface area (Å²) in [5.41, 5.74) is 0.0199. The maximum Gasteiger partial charge on any atom is 0.412 e. The fraction of sp³-hybridized carbons (Fsp3) is 0.267. The number of para-hydroxylation sites is 1. The first-order valence-electron chi connectivity index (χ1n) is 6.39. The molecule has 110 valence electrons. The van der Waals surface area contributed by atoms with Gasteiger partial charge in [0.05, 0.1) is 11.2 Å². The normalized spacial score (nSPS) is 11.2. The Hall–Kier alpha value is -2.63. The van der Waals surface area contributed by atoms with E-state index in [4.69, 9.17) is 4.74 Å². The minimum absolute atomic E-state index is 0.0837. The van der Waals surface area contributed by atoms with Crippen molar-refractivity contribution in [1.82, 2.24) is 4.98 Å². The lowest BCUT2D eigenvalue weighted by Gasteiger charge is -2.20. The maximum atomic E-state index is 11.9. The SMILES string of the molecule is CC(C)(C)OC(=O)Nc1c(C(=O)O)cnc2ccccc12. The van der Waals surface area contributed by atoms with Gasteiger partial charge < -0.3 is 9.84 Å². The van der Waals surface area contributed by atoms with Crippen molar-refractivity contribution in [2.24, 2.45) is 0 Å². The fourth-order valence-electron chi connectivity index (χ4n) is 1.84. The van der Waals surface area contributed by atoms with Crippen LogP contribution in [0.5, 0.6) is 0 Å². The van der Waals surface area contributed by atoms with Crippen LogP contribution in [0.15, 0.2) is 30.5 Å². The lowest BCUT2D eigenvalue weighted by atomic mass is 10.1. The number of fused-ring (bicyclic) bond motifs is 1. The van der Waals surface area contributed by atoms with Gasteiger partial charge in [-0.25, -0.2) is 9.59 Å². The van der Waals surface area contributed by atoms with Crippen LogP contribution in [0.1, 0.15) is 31.1 Å². The lowest BCUT2D eigenvalue weighted by molar-refractivity contribution is 0.0636. The largest absolute Gasteiger partial charge is 0.478 e. The Morgan fingerprint density at radius 2 is 1.90 bits per heavy atom. The third-order valence-corrected chi connectivity index (χ3v) is 2.63. The predicted molar refractivity (Wildman–Crippen MR) is 78.6 cm³/mol. The van der Waals surface area contributed by atoms with Gasteiger partial charge in [-0.3, -0.25) is 10.3 Å². The molecule has 2 N–H and O–H groups in total. The van der Waals surface area contributed by atoms with Crippen molar-refractivity contribution in [3.63, 3.8) is 0 Å². The number of carboxylic acids is 1. The molecule has 0 spiro atoms. The minimum atomic E-state index is -1.17. The number of anilines is 1. The number of carboxylic acid groups (broad SMARTS) is 1. The molecule has 6 heteroatoms. The molecule has 2 rings (SSSR count). The molecule has 0 fully saturated rings. The zero-order valence-corrected chi connectivity index (χ0v) is 12.0. The van der Waals surface area contributed by atoms with E-state index >= 15 is 0 Å². The molecule has 0 aliphatic carbocycles. The second-order valence-electron chi connectivity index (χ2n) is 5.50. The van der Waals surface area contributed by atoms with Crippen molar-refractivity contribution < 1.29 is 19.4 Å². The molecule has 0 saturated heterocycles. The van der Waals surface area contributed by atoms with E-state index in [0.29, 0.717) is 10.9 Å². The molecule has 0 aliphatic rings. The summed E-state index contributed by atoms with van der Waals surface area (Å²) in [4.78, 5) is 27.3. The minimum Gasteiger partial charge on any atom is -0.478 e. The maximum absolute atomic E-state index is 11.9. The fourth-order valence-corrected chi connectivity index (χ4v) is 1.84. The van der Waals surface area contributed by atoms with E-state index in [2.05, 4.69) is 10.3 Å². The third kappa shape index (κ3) is 3.47. The lowest BCUT2D eigenvalue weighted by Crippen LogP contribution is -2.28. The summed E-state index contributed by atoms with van der Waals surface area (Å²) in [6.45, 7) is 5.19. The number of carbonyl (C=O) groups is 2. The number of hydrogen-bond donors (Lipinski definition) is 2. The summed E-state index contributed by atoms with van der Waals surface area (Å²) in [5, 5.41) is 12.3. The van der Waals surface area contributed by atoms with Crippen molar-refractivity contribution in [1.29, 1.82) is 0 Å². The van der Waals surface area contributed by atoms with Crippen molar-refractivity contribution >= 4 is 28.7 Å². The summed E-state index contributed by atoms with van der Waals surface area (Å²) in [6, 6.07) is 6.96. The Bertz CT molecular complexity index is 704. The van der Waals surface area contributed by atoms with Gasteiger partial charge in [0.1, 0.15) is 11.2 Å². The van der Waals surface area contributed by atoms with Crippen LogP contribution in [0.4, 0.5) is 10.5 Å². The Morgan fingerprint density at radius 3 is 2.52 bits per heavy atom. The van der Waals surface area contributed by atoms with Gasteiger partial charge in [-0.1, -0.05) is 18.2 Å². The number of pyridine rings is 1. The van der Waals surface area contributed by atoms with E-state index in [1.54, 1.807) is 45.0 Å². The van der Waals surface area contributed by atoms with E-state index in [1.807, 2.05) is 0 Å². The molecular weight excluding hydrogens is 272 g/mol. The van der Waals surface area contributed by atoms with Crippen molar-refractivity contribution in [2.45, 2.75) is 26.4 Å². The molecule has 1 aromatic carbocycles. The highest BCUT2D eigenvalue weighted by Crippen LogP contribution is 2.26. The molecule has 21 heavy (non-hydrogen) atoms. The van der Waals surface area contributed by atoms with Gasteiger partial charge in [0.25, 0.3) is 0 Å². The molecular formula is C15H16N2O4. The van der Waals surface area contributed by atoms with Crippen LogP contribution in [0.3, 0.4) is 0 Å². The second-order valence-corrected chi connectivity index (χ2v) is 5.50. The number of rotatable bonds is 2. The summed E-state index contributed by atoms with van der Waals surface area (Å²) in [7, 11) is 0. The Morgan fingerprint density at radius 1 is 1.24 bits per heavy atom. The van der Waals surface area contributed by atoms with E-state index in [1.165, 1.54) is 6.20 Å². The predicted octanol–water partition coefficient (Wildman–Crippen LogP) is 3.28. The van der Waals surface area contributed by atoms with Gasteiger partial charge in [-0.2, -0.15) is 0 Å². The quantitative estimate of drug-likeness (QED) is 0.885. The number of carbonyl (C=O) groups excluding carboxylic acids is 1. The number of nitrogens with zero attached hydrogens (tertiary/aromatic N) is 1. The average molecular weight is 288 g/mol. The van der Waals surface area contributed by atoms with Crippen molar-refractivity contribution in [3.05, 3.63) is 36.0 Å². The van der Waals surface area contributed by atoms with E-state index in [0.717, 1.165) is 0 Å². The molecule has 0 bridgehead atoms. The van der Waals surface area contributed by atoms with Gasteiger partial charge in [0.2, 0.25) is 0 Å². The van der Waals surface area contributed by atoms with Gasteiger partial charge in [0.15, 0.2) is 0 Å². The van der Waals surface area contributed by atoms with Crippen LogP contribution < -0.4 is 5.32 Å². The molecule has 1 amide bonds. The highest BCUT2D eigenvalue weighted by molar-refractivity contribution is 6.08. The number of amides is 1. The highest BCUT2D eigenvalue weighted by atomic mass is 16.6. The van der Waals surface area contributed by atoms with Crippen LogP contribution in [0.2, 0.25) is 0 Å². The smallest absolute Gasteiger partial charge is 0.412 e. The average Bonchev–Trinajstić information content (AvgIpc) is 2.36. The Balaban J connectivity index is 2.47. The molecule has 0 radical (unpaired) electrons. The Labute approximate surface area is 121 Å². The van der Waals surface area contributed by atoms with Gasteiger partial charge >= 0.3 is 12.1 Å². The number of nitrogens with one attached hydrogen (secondary N) is 1. The highest BCUT2D eigenvalue weighted by Gasteiger charge is 2.20. The third-order valence-electron chi connectivity index (χ3n) is 2.63. The number of aromatic carboxylic acids is 1. The topological polar surface area (TPSA) is 88.5 Å². The number of hydrogen-bond acceptors (Lipinski definition) is 4. The molecule has 0 aliphatic heterocycles. The molecule has 1 heterocycles. The zero-order chi connectivity index (χ0) is 15.6. The summed E-state index contributed by atoms with van der Waals surface area (Å²) < 4.78 is 5.16. The molecule has 0 saturated carbocycles. The van der Waals surface area contributed by atoms with Crippen molar-refractivity contribution in [2.75, 3.05) is 5.32 Å². The van der Waals surface area contributed by atoms with Crippen LogP contribution in [-0.2, 0) is 4.74 Å². The zero-order valence-electron chi connectivity index (χ0n) is 12.0.